The summed E-state index contributed by atoms with van der Waals surface area (Å²) in [6.45, 7) is 6.31. The van der Waals surface area contributed by atoms with Crippen molar-refractivity contribution in [1.29, 1.82) is 0 Å². The maximum absolute atomic E-state index is 11.5. The monoisotopic (exact) mass is 248 g/mol. The van der Waals surface area contributed by atoms with Gasteiger partial charge in [-0.25, -0.2) is 4.79 Å². The highest BCUT2D eigenvalue weighted by molar-refractivity contribution is 5.84. The molecule has 0 aliphatic rings. The zero-order chi connectivity index (χ0) is 13.6. The predicted molar refractivity (Wildman–Crippen MR) is 67.4 cm³/mol. The predicted octanol–water partition coefficient (Wildman–Crippen LogP) is 2.73. The van der Waals surface area contributed by atoms with Gasteiger partial charge in [0.2, 0.25) is 0 Å². The van der Waals surface area contributed by atoms with Crippen LogP contribution in [-0.2, 0) is 9.59 Å². The standard InChI is InChI=1S/C14H16O4/c1-14(2,3)9-8-13(16)18-12-6-4-11(5-7-12)17-10-15/h4-10H,1-3H3/b9-8+. The molecule has 0 aliphatic carbocycles. The lowest BCUT2D eigenvalue weighted by molar-refractivity contribution is -0.129. The minimum absolute atomic E-state index is 0.0688. The molecule has 0 aliphatic heterocycles. The van der Waals surface area contributed by atoms with Crippen LogP contribution in [0.2, 0.25) is 0 Å². The molecule has 0 fully saturated rings. The molecule has 1 aromatic rings. The summed E-state index contributed by atoms with van der Waals surface area (Å²) in [5, 5.41) is 0. The van der Waals surface area contributed by atoms with Crippen LogP contribution in [0.15, 0.2) is 36.4 Å². The van der Waals surface area contributed by atoms with Gasteiger partial charge in [0.1, 0.15) is 11.5 Å². The van der Waals surface area contributed by atoms with Gasteiger partial charge in [0.25, 0.3) is 6.47 Å². The van der Waals surface area contributed by atoms with Gasteiger partial charge in [0.15, 0.2) is 0 Å². The van der Waals surface area contributed by atoms with Gasteiger partial charge < -0.3 is 9.47 Å². The Morgan fingerprint density at radius 3 is 2.17 bits per heavy atom. The van der Waals surface area contributed by atoms with Crippen LogP contribution >= 0.6 is 0 Å². The van der Waals surface area contributed by atoms with E-state index in [1.807, 2.05) is 20.8 Å². The molecule has 96 valence electrons. The first-order chi connectivity index (χ1) is 8.40. The summed E-state index contributed by atoms with van der Waals surface area (Å²) in [4.78, 5) is 21.6. The molecule has 0 N–H and O–H groups in total. The molecule has 1 rings (SSSR count). The molecular formula is C14H16O4. The van der Waals surface area contributed by atoms with E-state index in [2.05, 4.69) is 4.74 Å². The van der Waals surface area contributed by atoms with Gasteiger partial charge in [-0.3, -0.25) is 4.79 Å². The molecule has 1 aromatic carbocycles. The molecule has 0 aromatic heterocycles. The third-order valence-corrected chi connectivity index (χ3v) is 1.95. The number of esters is 1. The van der Waals surface area contributed by atoms with Crippen molar-refractivity contribution in [3.63, 3.8) is 0 Å². The molecule has 0 heterocycles. The van der Waals surface area contributed by atoms with Crippen LogP contribution in [0.3, 0.4) is 0 Å². The molecule has 4 heteroatoms. The Morgan fingerprint density at radius 2 is 1.67 bits per heavy atom. The molecule has 0 bridgehead atoms. The first kappa shape index (κ1) is 14.0. The van der Waals surface area contributed by atoms with E-state index in [1.165, 1.54) is 6.08 Å². The van der Waals surface area contributed by atoms with Gasteiger partial charge in [-0.05, 0) is 29.7 Å². The van der Waals surface area contributed by atoms with Crippen molar-refractivity contribution in [1.82, 2.24) is 0 Å². The van der Waals surface area contributed by atoms with Crippen molar-refractivity contribution in [2.75, 3.05) is 0 Å². The Bertz CT molecular complexity index is 438. The lowest BCUT2D eigenvalue weighted by Gasteiger charge is -2.10. The van der Waals surface area contributed by atoms with Crippen LogP contribution in [0.1, 0.15) is 20.8 Å². The summed E-state index contributed by atoms with van der Waals surface area (Å²) in [5.74, 6) is 0.362. The number of rotatable bonds is 4. The average molecular weight is 248 g/mol. The Hall–Kier alpha value is -2.10. The summed E-state index contributed by atoms with van der Waals surface area (Å²) in [7, 11) is 0. The topological polar surface area (TPSA) is 52.6 Å². The molecule has 0 spiro atoms. The van der Waals surface area contributed by atoms with Crippen LogP contribution < -0.4 is 9.47 Å². The van der Waals surface area contributed by atoms with Gasteiger partial charge >= 0.3 is 5.97 Å². The molecular weight excluding hydrogens is 232 g/mol. The number of ether oxygens (including phenoxy) is 2. The summed E-state index contributed by atoms with van der Waals surface area (Å²) >= 11 is 0. The lowest BCUT2D eigenvalue weighted by Crippen LogP contribution is -2.07. The highest BCUT2D eigenvalue weighted by Crippen LogP contribution is 2.18. The minimum Gasteiger partial charge on any atom is -0.429 e. The maximum atomic E-state index is 11.5. The normalized spacial score (nSPS) is 11.3. The Morgan fingerprint density at radius 1 is 1.11 bits per heavy atom. The van der Waals surface area contributed by atoms with E-state index in [-0.39, 0.29) is 5.41 Å². The fourth-order valence-corrected chi connectivity index (χ4v) is 1.11. The number of allylic oxidation sites excluding steroid dienone is 1. The Labute approximate surface area is 106 Å². The molecule has 0 amide bonds. The van der Waals surface area contributed by atoms with E-state index in [1.54, 1.807) is 30.3 Å². The number of carbonyl (C=O) groups is 2. The second-order valence-electron chi connectivity index (χ2n) is 4.81. The Kier molecular flexibility index (Phi) is 4.66. The van der Waals surface area contributed by atoms with Crippen molar-refractivity contribution in [2.24, 2.45) is 5.41 Å². The average Bonchev–Trinajstić information content (AvgIpc) is 2.29. The van der Waals surface area contributed by atoms with Crippen molar-refractivity contribution in [2.45, 2.75) is 20.8 Å². The fourth-order valence-electron chi connectivity index (χ4n) is 1.11. The summed E-state index contributed by atoms with van der Waals surface area (Å²) in [6.07, 6.45) is 3.18. The zero-order valence-corrected chi connectivity index (χ0v) is 10.7. The number of hydrogen-bond acceptors (Lipinski definition) is 4. The van der Waals surface area contributed by atoms with Crippen LogP contribution in [-0.4, -0.2) is 12.4 Å². The molecule has 18 heavy (non-hydrogen) atoms. The second-order valence-corrected chi connectivity index (χ2v) is 4.81. The van der Waals surface area contributed by atoms with E-state index in [0.717, 1.165) is 0 Å². The maximum Gasteiger partial charge on any atom is 0.335 e. The van der Waals surface area contributed by atoms with Crippen molar-refractivity contribution in [3.8, 4) is 11.5 Å². The van der Waals surface area contributed by atoms with Crippen molar-refractivity contribution in [3.05, 3.63) is 36.4 Å². The third-order valence-electron chi connectivity index (χ3n) is 1.95. The summed E-state index contributed by atoms with van der Waals surface area (Å²) in [6, 6.07) is 6.21. The van der Waals surface area contributed by atoms with Gasteiger partial charge in [-0.2, -0.15) is 0 Å². The lowest BCUT2D eigenvalue weighted by atomic mass is 9.96. The summed E-state index contributed by atoms with van der Waals surface area (Å²) in [5.41, 5.74) is -0.0688. The quantitative estimate of drug-likeness (QED) is 0.356. The van der Waals surface area contributed by atoms with E-state index in [0.29, 0.717) is 18.0 Å². The van der Waals surface area contributed by atoms with Crippen LogP contribution in [0.25, 0.3) is 0 Å². The first-order valence-electron chi connectivity index (χ1n) is 5.52. The highest BCUT2D eigenvalue weighted by atomic mass is 16.5. The molecule has 0 saturated carbocycles. The SMILES string of the molecule is CC(C)(C)/C=C/C(=O)Oc1ccc(OC=O)cc1. The fraction of sp³-hybridized carbons (Fsp3) is 0.286. The smallest absolute Gasteiger partial charge is 0.335 e. The number of benzene rings is 1. The highest BCUT2D eigenvalue weighted by Gasteiger charge is 2.06. The molecule has 0 saturated heterocycles. The van der Waals surface area contributed by atoms with Gasteiger partial charge in [0.05, 0.1) is 0 Å². The molecule has 0 radical (unpaired) electrons. The largest absolute Gasteiger partial charge is 0.429 e. The Balaban J connectivity index is 2.59. The van der Waals surface area contributed by atoms with Crippen LogP contribution in [0.4, 0.5) is 0 Å². The van der Waals surface area contributed by atoms with Gasteiger partial charge in [-0.1, -0.05) is 26.8 Å². The van der Waals surface area contributed by atoms with Crippen molar-refractivity contribution >= 4 is 12.4 Å². The summed E-state index contributed by atoms with van der Waals surface area (Å²) < 4.78 is 9.70. The van der Waals surface area contributed by atoms with E-state index in [9.17, 15) is 9.59 Å². The van der Waals surface area contributed by atoms with E-state index >= 15 is 0 Å². The minimum atomic E-state index is -0.436. The van der Waals surface area contributed by atoms with Crippen LogP contribution in [0.5, 0.6) is 11.5 Å². The van der Waals surface area contributed by atoms with Crippen molar-refractivity contribution < 1.29 is 19.1 Å². The first-order valence-corrected chi connectivity index (χ1v) is 5.52. The van der Waals surface area contributed by atoms with Gasteiger partial charge in [0, 0.05) is 6.08 Å². The van der Waals surface area contributed by atoms with E-state index in [4.69, 9.17) is 4.74 Å². The zero-order valence-electron chi connectivity index (χ0n) is 10.7. The molecule has 4 nitrogen and oxygen atoms in total. The van der Waals surface area contributed by atoms with E-state index < -0.39 is 5.97 Å². The van der Waals surface area contributed by atoms with Gasteiger partial charge in [-0.15, -0.1) is 0 Å². The molecule has 0 atom stereocenters. The second kappa shape index (κ2) is 6.00. The van der Waals surface area contributed by atoms with Crippen LogP contribution in [0, 0.1) is 5.41 Å². The number of hydrogen-bond donors (Lipinski definition) is 0. The molecule has 0 unspecified atom stereocenters. The third kappa shape index (κ3) is 5.30. The number of carbonyl (C=O) groups excluding carboxylic acids is 2.